The SMILES string of the molecule is COCCC(N)C(=O)NC(C)C1CCCCC1. The summed E-state index contributed by atoms with van der Waals surface area (Å²) >= 11 is 0. The van der Waals surface area contributed by atoms with E-state index in [9.17, 15) is 4.79 Å². The van der Waals surface area contributed by atoms with Gasteiger partial charge in [0.1, 0.15) is 0 Å². The van der Waals surface area contributed by atoms with Crippen LogP contribution in [0.3, 0.4) is 0 Å². The van der Waals surface area contributed by atoms with Crippen molar-refractivity contribution in [2.45, 2.75) is 57.5 Å². The second kappa shape index (κ2) is 7.67. The first-order chi connectivity index (χ1) is 8.15. The van der Waals surface area contributed by atoms with Crippen LogP contribution in [0.2, 0.25) is 0 Å². The van der Waals surface area contributed by atoms with Crippen molar-refractivity contribution >= 4 is 5.91 Å². The average molecular weight is 242 g/mol. The lowest BCUT2D eigenvalue weighted by Gasteiger charge is -2.29. The van der Waals surface area contributed by atoms with Gasteiger partial charge in [0.15, 0.2) is 0 Å². The minimum absolute atomic E-state index is 0.0416. The Morgan fingerprint density at radius 2 is 2.06 bits per heavy atom. The van der Waals surface area contributed by atoms with Crippen molar-refractivity contribution in [1.82, 2.24) is 5.32 Å². The van der Waals surface area contributed by atoms with Crippen molar-refractivity contribution < 1.29 is 9.53 Å². The number of nitrogens with two attached hydrogens (primary N) is 1. The maximum Gasteiger partial charge on any atom is 0.237 e. The molecule has 0 aromatic heterocycles. The molecular weight excluding hydrogens is 216 g/mol. The summed E-state index contributed by atoms with van der Waals surface area (Å²) in [5.74, 6) is 0.586. The summed E-state index contributed by atoms with van der Waals surface area (Å²) in [6.07, 6.45) is 6.97. The first-order valence-electron chi connectivity index (χ1n) is 6.70. The fourth-order valence-corrected chi connectivity index (χ4v) is 2.46. The van der Waals surface area contributed by atoms with Gasteiger partial charge in [-0.15, -0.1) is 0 Å². The van der Waals surface area contributed by atoms with Gasteiger partial charge in [-0.05, 0) is 32.1 Å². The highest BCUT2D eigenvalue weighted by atomic mass is 16.5. The van der Waals surface area contributed by atoms with Gasteiger partial charge in [0.25, 0.3) is 0 Å². The number of carbonyl (C=O) groups is 1. The molecule has 0 spiro atoms. The van der Waals surface area contributed by atoms with Crippen LogP contribution < -0.4 is 11.1 Å². The van der Waals surface area contributed by atoms with E-state index >= 15 is 0 Å². The largest absolute Gasteiger partial charge is 0.385 e. The highest BCUT2D eigenvalue weighted by Gasteiger charge is 2.23. The summed E-state index contributed by atoms with van der Waals surface area (Å²) in [6, 6.07) is -0.197. The summed E-state index contributed by atoms with van der Waals surface area (Å²) in [4.78, 5) is 11.8. The fourth-order valence-electron chi connectivity index (χ4n) is 2.46. The van der Waals surface area contributed by atoms with Crippen LogP contribution in [0.4, 0.5) is 0 Å². The molecule has 0 radical (unpaired) electrons. The number of methoxy groups -OCH3 is 1. The van der Waals surface area contributed by atoms with Crippen LogP contribution in [0.25, 0.3) is 0 Å². The number of ether oxygens (including phenoxy) is 1. The number of hydrogen-bond donors (Lipinski definition) is 2. The molecule has 100 valence electrons. The van der Waals surface area contributed by atoms with Crippen LogP contribution >= 0.6 is 0 Å². The molecule has 3 N–H and O–H groups in total. The van der Waals surface area contributed by atoms with Gasteiger partial charge < -0.3 is 15.8 Å². The minimum Gasteiger partial charge on any atom is -0.385 e. The van der Waals surface area contributed by atoms with Crippen LogP contribution in [0.15, 0.2) is 0 Å². The number of hydrogen-bond acceptors (Lipinski definition) is 3. The van der Waals surface area contributed by atoms with E-state index in [0.717, 1.165) is 0 Å². The lowest BCUT2D eigenvalue weighted by Crippen LogP contribution is -2.47. The van der Waals surface area contributed by atoms with Crippen LogP contribution in [0, 0.1) is 5.92 Å². The zero-order valence-electron chi connectivity index (χ0n) is 11.1. The van der Waals surface area contributed by atoms with Crippen LogP contribution in [-0.2, 0) is 9.53 Å². The van der Waals surface area contributed by atoms with Gasteiger partial charge in [-0.1, -0.05) is 19.3 Å². The fraction of sp³-hybridized carbons (Fsp3) is 0.923. The molecule has 1 saturated carbocycles. The van der Waals surface area contributed by atoms with Crippen molar-refractivity contribution in [3.05, 3.63) is 0 Å². The number of carbonyl (C=O) groups excluding carboxylic acids is 1. The number of rotatable bonds is 6. The van der Waals surface area contributed by atoms with Crippen LogP contribution in [0.1, 0.15) is 45.4 Å². The molecule has 0 aromatic carbocycles. The van der Waals surface area contributed by atoms with Crippen molar-refractivity contribution in [3.63, 3.8) is 0 Å². The van der Waals surface area contributed by atoms with Crippen molar-refractivity contribution in [1.29, 1.82) is 0 Å². The predicted molar refractivity (Wildman–Crippen MR) is 68.6 cm³/mol. The lowest BCUT2D eigenvalue weighted by molar-refractivity contribution is -0.123. The Kier molecular flexibility index (Phi) is 6.52. The number of amides is 1. The summed E-state index contributed by atoms with van der Waals surface area (Å²) in [5.41, 5.74) is 5.79. The van der Waals surface area contributed by atoms with Gasteiger partial charge in [0.2, 0.25) is 5.91 Å². The van der Waals surface area contributed by atoms with Gasteiger partial charge >= 0.3 is 0 Å². The Morgan fingerprint density at radius 1 is 1.41 bits per heavy atom. The summed E-state index contributed by atoms with van der Waals surface area (Å²) in [5, 5.41) is 3.04. The second-order valence-corrected chi connectivity index (χ2v) is 5.08. The zero-order valence-corrected chi connectivity index (χ0v) is 11.1. The van der Waals surface area contributed by atoms with Crippen LogP contribution in [-0.4, -0.2) is 31.7 Å². The third-order valence-electron chi connectivity index (χ3n) is 3.70. The van der Waals surface area contributed by atoms with E-state index in [0.29, 0.717) is 18.9 Å². The van der Waals surface area contributed by atoms with Crippen LogP contribution in [0.5, 0.6) is 0 Å². The quantitative estimate of drug-likeness (QED) is 0.740. The molecule has 1 rings (SSSR count). The molecule has 4 heteroatoms. The molecule has 17 heavy (non-hydrogen) atoms. The van der Waals surface area contributed by atoms with Gasteiger partial charge in [0.05, 0.1) is 6.04 Å². The third-order valence-corrected chi connectivity index (χ3v) is 3.70. The Labute approximate surface area is 104 Å². The maximum absolute atomic E-state index is 11.8. The normalized spacial score (nSPS) is 20.9. The molecule has 0 aromatic rings. The summed E-state index contributed by atoms with van der Waals surface area (Å²) in [7, 11) is 1.62. The first-order valence-corrected chi connectivity index (χ1v) is 6.70. The molecular formula is C13H26N2O2. The molecule has 0 heterocycles. The molecule has 2 atom stereocenters. The van der Waals surface area contributed by atoms with E-state index in [1.807, 2.05) is 0 Å². The van der Waals surface area contributed by atoms with Gasteiger partial charge in [-0.3, -0.25) is 4.79 Å². The minimum atomic E-state index is -0.444. The smallest absolute Gasteiger partial charge is 0.237 e. The van der Waals surface area contributed by atoms with Crippen molar-refractivity contribution in [2.24, 2.45) is 11.7 Å². The Hall–Kier alpha value is -0.610. The number of nitrogens with one attached hydrogen (secondary N) is 1. The van der Waals surface area contributed by atoms with Gasteiger partial charge in [0, 0.05) is 19.8 Å². The molecule has 4 nitrogen and oxygen atoms in total. The average Bonchev–Trinajstić information content (AvgIpc) is 2.36. The van der Waals surface area contributed by atoms with E-state index in [1.165, 1.54) is 32.1 Å². The van der Waals surface area contributed by atoms with E-state index in [4.69, 9.17) is 10.5 Å². The second-order valence-electron chi connectivity index (χ2n) is 5.08. The summed E-state index contributed by atoms with van der Waals surface area (Å²) in [6.45, 7) is 2.63. The molecule has 0 bridgehead atoms. The summed E-state index contributed by atoms with van der Waals surface area (Å²) < 4.78 is 4.92. The molecule has 0 aliphatic heterocycles. The molecule has 1 amide bonds. The van der Waals surface area contributed by atoms with E-state index in [-0.39, 0.29) is 11.9 Å². The van der Waals surface area contributed by atoms with Crippen molar-refractivity contribution in [3.8, 4) is 0 Å². The lowest BCUT2D eigenvalue weighted by atomic mass is 9.84. The predicted octanol–water partition coefficient (Wildman–Crippen LogP) is 1.44. The topological polar surface area (TPSA) is 64.3 Å². The standard InChI is InChI=1S/C13H26N2O2/c1-10(11-6-4-3-5-7-11)15-13(16)12(14)8-9-17-2/h10-12H,3-9,14H2,1-2H3,(H,15,16). The monoisotopic (exact) mass is 242 g/mol. The molecule has 0 saturated heterocycles. The zero-order chi connectivity index (χ0) is 12.7. The van der Waals surface area contributed by atoms with E-state index < -0.39 is 6.04 Å². The maximum atomic E-state index is 11.8. The van der Waals surface area contributed by atoms with E-state index in [2.05, 4.69) is 12.2 Å². The highest BCUT2D eigenvalue weighted by Crippen LogP contribution is 2.26. The Bertz CT molecular complexity index is 227. The Morgan fingerprint density at radius 3 is 2.65 bits per heavy atom. The van der Waals surface area contributed by atoms with E-state index in [1.54, 1.807) is 7.11 Å². The molecule has 1 aliphatic rings. The third kappa shape index (κ3) is 5.04. The molecule has 2 unspecified atom stereocenters. The highest BCUT2D eigenvalue weighted by molar-refractivity contribution is 5.81. The molecule has 1 fully saturated rings. The van der Waals surface area contributed by atoms with Crippen molar-refractivity contribution in [2.75, 3.05) is 13.7 Å². The molecule has 1 aliphatic carbocycles. The first kappa shape index (κ1) is 14.5. The van der Waals surface area contributed by atoms with Gasteiger partial charge in [-0.2, -0.15) is 0 Å². The Balaban J connectivity index is 2.28. The van der Waals surface area contributed by atoms with Gasteiger partial charge in [-0.25, -0.2) is 0 Å².